The van der Waals surface area contributed by atoms with Crippen molar-refractivity contribution >= 4 is 21.9 Å². The highest BCUT2D eigenvalue weighted by Crippen LogP contribution is 2.30. The Hall–Kier alpha value is -0.830. The quantitative estimate of drug-likeness (QED) is 0.837. The van der Waals surface area contributed by atoms with Crippen molar-refractivity contribution < 1.29 is 9.90 Å². The normalized spacial score (nSPS) is 20.2. The van der Waals surface area contributed by atoms with Crippen LogP contribution in [0.25, 0.3) is 0 Å². The number of hydrogen-bond donors (Lipinski definition) is 1. The van der Waals surface area contributed by atoms with Crippen LogP contribution in [0.4, 0.5) is 0 Å². The molecular formula is C11H11BrO2. The summed E-state index contributed by atoms with van der Waals surface area (Å²) in [7, 11) is 0. The molecule has 74 valence electrons. The standard InChI is InChI=1S/C11H11BrO2/c12-10-3-1-2-7-6-8(11(13)14)4-5-9(7)10/h1-3,8H,4-6H2,(H,13,14). The fourth-order valence-electron chi connectivity index (χ4n) is 1.97. The van der Waals surface area contributed by atoms with Crippen LogP contribution in [0.1, 0.15) is 17.5 Å². The summed E-state index contributed by atoms with van der Waals surface area (Å²) in [5, 5.41) is 8.92. The topological polar surface area (TPSA) is 37.3 Å². The van der Waals surface area contributed by atoms with Crippen molar-refractivity contribution in [1.82, 2.24) is 0 Å². The van der Waals surface area contributed by atoms with Gasteiger partial charge in [-0.1, -0.05) is 28.1 Å². The Labute approximate surface area is 91.1 Å². The predicted molar refractivity (Wildman–Crippen MR) is 57.3 cm³/mol. The molecule has 3 heteroatoms. The van der Waals surface area contributed by atoms with Crippen LogP contribution in [-0.4, -0.2) is 11.1 Å². The van der Waals surface area contributed by atoms with Gasteiger partial charge in [0.25, 0.3) is 0 Å². The van der Waals surface area contributed by atoms with E-state index in [0.29, 0.717) is 6.42 Å². The van der Waals surface area contributed by atoms with Crippen LogP contribution in [0, 0.1) is 5.92 Å². The molecule has 1 N–H and O–H groups in total. The lowest BCUT2D eigenvalue weighted by atomic mass is 9.84. The third-order valence-electron chi connectivity index (χ3n) is 2.77. The van der Waals surface area contributed by atoms with Gasteiger partial charge in [0.05, 0.1) is 5.92 Å². The van der Waals surface area contributed by atoms with Crippen molar-refractivity contribution in [1.29, 1.82) is 0 Å². The molecule has 0 aliphatic heterocycles. The van der Waals surface area contributed by atoms with Crippen LogP contribution in [0.5, 0.6) is 0 Å². The van der Waals surface area contributed by atoms with Crippen LogP contribution in [0.15, 0.2) is 22.7 Å². The minimum atomic E-state index is -0.671. The number of hydrogen-bond acceptors (Lipinski definition) is 1. The maximum absolute atomic E-state index is 10.8. The van der Waals surface area contributed by atoms with E-state index in [2.05, 4.69) is 15.9 Å². The van der Waals surface area contributed by atoms with Gasteiger partial charge in [-0.2, -0.15) is 0 Å². The molecule has 2 rings (SSSR count). The molecule has 0 fully saturated rings. The smallest absolute Gasteiger partial charge is 0.306 e. The first-order valence-corrected chi connectivity index (χ1v) is 5.47. The highest BCUT2D eigenvalue weighted by molar-refractivity contribution is 9.10. The third kappa shape index (κ3) is 1.69. The van der Waals surface area contributed by atoms with Crippen molar-refractivity contribution in [3.05, 3.63) is 33.8 Å². The molecule has 1 unspecified atom stereocenters. The summed E-state index contributed by atoms with van der Waals surface area (Å²) in [6.45, 7) is 0. The number of carboxylic acids is 1. The number of benzene rings is 1. The van der Waals surface area contributed by atoms with Gasteiger partial charge in [-0.05, 0) is 36.5 Å². The molecule has 1 atom stereocenters. The highest BCUT2D eigenvalue weighted by Gasteiger charge is 2.24. The Morgan fingerprint density at radius 2 is 2.29 bits per heavy atom. The summed E-state index contributed by atoms with van der Waals surface area (Å²) in [5.74, 6) is -0.868. The maximum atomic E-state index is 10.8. The molecule has 1 aliphatic rings. The molecule has 0 saturated heterocycles. The Morgan fingerprint density at radius 1 is 1.50 bits per heavy atom. The van der Waals surface area contributed by atoms with E-state index in [9.17, 15) is 4.79 Å². The molecule has 14 heavy (non-hydrogen) atoms. The van der Waals surface area contributed by atoms with Gasteiger partial charge in [-0.3, -0.25) is 4.79 Å². The first-order valence-electron chi connectivity index (χ1n) is 4.67. The van der Waals surface area contributed by atoms with Crippen LogP contribution < -0.4 is 0 Å². The molecule has 1 aliphatic carbocycles. The van der Waals surface area contributed by atoms with E-state index >= 15 is 0 Å². The van der Waals surface area contributed by atoms with Gasteiger partial charge >= 0.3 is 5.97 Å². The lowest BCUT2D eigenvalue weighted by molar-refractivity contribution is -0.142. The molecule has 1 aromatic carbocycles. The Bertz CT molecular complexity index is 374. The first-order chi connectivity index (χ1) is 6.68. The number of carbonyl (C=O) groups is 1. The monoisotopic (exact) mass is 254 g/mol. The van der Waals surface area contributed by atoms with Gasteiger partial charge in [0.1, 0.15) is 0 Å². The van der Waals surface area contributed by atoms with E-state index in [-0.39, 0.29) is 5.92 Å². The van der Waals surface area contributed by atoms with Crippen molar-refractivity contribution in [2.45, 2.75) is 19.3 Å². The van der Waals surface area contributed by atoms with E-state index < -0.39 is 5.97 Å². The van der Waals surface area contributed by atoms with E-state index in [1.54, 1.807) is 0 Å². The van der Waals surface area contributed by atoms with E-state index in [0.717, 1.165) is 17.3 Å². The highest BCUT2D eigenvalue weighted by atomic mass is 79.9. The fraction of sp³-hybridized carbons (Fsp3) is 0.364. The van der Waals surface area contributed by atoms with Crippen LogP contribution in [0.3, 0.4) is 0 Å². The lowest BCUT2D eigenvalue weighted by Gasteiger charge is -2.22. The minimum Gasteiger partial charge on any atom is -0.481 e. The average Bonchev–Trinajstić information content (AvgIpc) is 2.17. The van der Waals surface area contributed by atoms with E-state index in [1.807, 2.05) is 18.2 Å². The molecule has 0 radical (unpaired) electrons. The summed E-state index contributed by atoms with van der Waals surface area (Å²) < 4.78 is 1.11. The van der Waals surface area contributed by atoms with Gasteiger partial charge in [0, 0.05) is 4.47 Å². The second kappa shape index (κ2) is 3.73. The molecule has 0 spiro atoms. The van der Waals surface area contributed by atoms with Crippen molar-refractivity contribution in [2.75, 3.05) is 0 Å². The zero-order valence-electron chi connectivity index (χ0n) is 7.66. The largest absolute Gasteiger partial charge is 0.481 e. The van der Waals surface area contributed by atoms with Gasteiger partial charge in [0.15, 0.2) is 0 Å². The van der Waals surface area contributed by atoms with Crippen LogP contribution in [0.2, 0.25) is 0 Å². The molecule has 1 aromatic rings. The number of carboxylic acid groups (broad SMARTS) is 1. The summed E-state index contributed by atoms with van der Waals surface area (Å²) in [4.78, 5) is 10.8. The van der Waals surface area contributed by atoms with Crippen molar-refractivity contribution in [3.63, 3.8) is 0 Å². The maximum Gasteiger partial charge on any atom is 0.306 e. The summed E-state index contributed by atoms with van der Waals surface area (Å²) in [5.41, 5.74) is 2.46. The zero-order chi connectivity index (χ0) is 10.1. The Morgan fingerprint density at radius 3 is 3.00 bits per heavy atom. The predicted octanol–water partition coefficient (Wildman–Crippen LogP) is 2.64. The van der Waals surface area contributed by atoms with E-state index in [4.69, 9.17) is 5.11 Å². The number of rotatable bonds is 1. The van der Waals surface area contributed by atoms with E-state index in [1.165, 1.54) is 11.1 Å². The summed E-state index contributed by atoms with van der Waals surface area (Å²) >= 11 is 3.49. The molecule has 0 amide bonds. The van der Waals surface area contributed by atoms with Gasteiger partial charge in [0.2, 0.25) is 0 Å². The van der Waals surface area contributed by atoms with Crippen molar-refractivity contribution in [3.8, 4) is 0 Å². The minimum absolute atomic E-state index is 0.197. The van der Waals surface area contributed by atoms with Crippen molar-refractivity contribution in [2.24, 2.45) is 5.92 Å². The zero-order valence-corrected chi connectivity index (χ0v) is 9.25. The van der Waals surface area contributed by atoms with Gasteiger partial charge in [-0.25, -0.2) is 0 Å². The fourth-order valence-corrected chi connectivity index (χ4v) is 2.58. The van der Waals surface area contributed by atoms with Gasteiger partial charge < -0.3 is 5.11 Å². The lowest BCUT2D eigenvalue weighted by Crippen LogP contribution is -2.22. The molecule has 0 heterocycles. The molecule has 0 saturated carbocycles. The number of fused-ring (bicyclic) bond motifs is 1. The van der Waals surface area contributed by atoms with Crippen LogP contribution >= 0.6 is 15.9 Å². The first kappa shape index (κ1) is 9.71. The number of aliphatic carboxylic acids is 1. The molecule has 0 bridgehead atoms. The molecule has 0 aromatic heterocycles. The summed E-state index contributed by atoms with van der Waals surface area (Å²) in [6.07, 6.45) is 2.29. The SMILES string of the molecule is O=C(O)C1CCc2c(Br)cccc2C1. The van der Waals surface area contributed by atoms with Crippen LogP contribution in [-0.2, 0) is 17.6 Å². The second-order valence-corrected chi connectivity index (χ2v) is 4.51. The van der Waals surface area contributed by atoms with Gasteiger partial charge in [-0.15, -0.1) is 0 Å². The average molecular weight is 255 g/mol. The Kier molecular flexibility index (Phi) is 2.59. The third-order valence-corrected chi connectivity index (χ3v) is 3.52. The summed E-state index contributed by atoms with van der Waals surface area (Å²) in [6, 6.07) is 6.00. The molecular weight excluding hydrogens is 244 g/mol. The second-order valence-electron chi connectivity index (χ2n) is 3.66. The Balaban J connectivity index is 2.31. The number of halogens is 1. The molecule has 2 nitrogen and oxygen atoms in total.